The third-order valence-electron chi connectivity index (χ3n) is 6.60. The van der Waals surface area contributed by atoms with E-state index in [0.29, 0.717) is 37.9 Å². The second-order valence-corrected chi connectivity index (χ2v) is 9.18. The van der Waals surface area contributed by atoms with Gasteiger partial charge in [-0.1, -0.05) is 24.8 Å². The molecule has 0 saturated carbocycles. The minimum Gasteiger partial charge on any atom is -0.383 e. The van der Waals surface area contributed by atoms with Gasteiger partial charge in [0, 0.05) is 68.6 Å². The number of amides is 1. The average Bonchev–Trinajstić information content (AvgIpc) is 2.95. The Labute approximate surface area is 219 Å². The highest BCUT2D eigenvalue weighted by Gasteiger charge is 2.21. The number of carbonyl (C=O) groups excluding carboxylic acids is 1. The standard InChI is InChI=1S/C29H35N5O3/c1-21(25-9-6-12-30-20-25)10-11-26-22(2)31-29(34-14-17-37-18-15-34)32-27(26)23-7-5-8-24(19-23)28(35)33(3)13-16-36-4/h5-9,12,19-20H,1,10-11,13-18H2,2-4H3. The van der Waals surface area contributed by atoms with Gasteiger partial charge in [-0.2, -0.15) is 0 Å². The molecule has 0 aliphatic carbocycles. The summed E-state index contributed by atoms with van der Waals surface area (Å²) in [5, 5.41) is 0. The van der Waals surface area contributed by atoms with Gasteiger partial charge < -0.3 is 19.3 Å². The summed E-state index contributed by atoms with van der Waals surface area (Å²) in [7, 11) is 3.42. The summed E-state index contributed by atoms with van der Waals surface area (Å²) in [6.07, 6.45) is 5.07. The molecule has 3 heterocycles. The van der Waals surface area contributed by atoms with Gasteiger partial charge in [-0.05, 0) is 49.1 Å². The van der Waals surface area contributed by atoms with E-state index in [9.17, 15) is 4.79 Å². The van der Waals surface area contributed by atoms with Crippen molar-refractivity contribution in [1.29, 1.82) is 0 Å². The Morgan fingerprint density at radius 2 is 1.95 bits per heavy atom. The maximum absolute atomic E-state index is 13.1. The van der Waals surface area contributed by atoms with Crippen LogP contribution in [0.25, 0.3) is 16.8 Å². The van der Waals surface area contributed by atoms with E-state index < -0.39 is 0 Å². The van der Waals surface area contributed by atoms with Gasteiger partial charge in [0.05, 0.1) is 25.5 Å². The molecule has 1 aliphatic heterocycles. The lowest BCUT2D eigenvalue weighted by molar-refractivity contribution is 0.0744. The number of likely N-dealkylation sites (N-methyl/N-ethyl adjacent to an activating group) is 1. The van der Waals surface area contributed by atoms with Gasteiger partial charge in [-0.3, -0.25) is 9.78 Å². The van der Waals surface area contributed by atoms with Crippen LogP contribution in [0.4, 0.5) is 5.95 Å². The Bertz CT molecular complexity index is 1230. The minimum atomic E-state index is -0.0513. The van der Waals surface area contributed by atoms with Gasteiger partial charge in [0.1, 0.15) is 0 Å². The third kappa shape index (κ3) is 6.58. The van der Waals surface area contributed by atoms with Crippen LogP contribution in [0, 0.1) is 6.92 Å². The lowest BCUT2D eigenvalue weighted by Gasteiger charge is -2.28. The quantitative estimate of drug-likeness (QED) is 0.415. The molecule has 0 bridgehead atoms. The number of hydrogen-bond acceptors (Lipinski definition) is 7. The summed E-state index contributed by atoms with van der Waals surface area (Å²) < 4.78 is 10.7. The van der Waals surface area contributed by atoms with Crippen molar-refractivity contribution >= 4 is 17.4 Å². The highest BCUT2D eigenvalue weighted by Crippen LogP contribution is 2.30. The molecule has 3 aromatic rings. The number of pyridine rings is 1. The molecule has 0 N–H and O–H groups in total. The Kier molecular flexibility index (Phi) is 8.98. The van der Waals surface area contributed by atoms with Crippen molar-refractivity contribution in [2.45, 2.75) is 19.8 Å². The van der Waals surface area contributed by atoms with Crippen molar-refractivity contribution in [2.24, 2.45) is 0 Å². The van der Waals surface area contributed by atoms with Crippen molar-refractivity contribution in [1.82, 2.24) is 19.9 Å². The monoisotopic (exact) mass is 501 g/mol. The zero-order chi connectivity index (χ0) is 26.2. The number of aryl methyl sites for hydroxylation is 1. The normalized spacial score (nSPS) is 13.4. The second-order valence-electron chi connectivity index (χ2n) is 9.18. The summed E-state index contributed by atoms with van der Waals surface area (Å²) in [5.41, 5.74) is 6.39. The van der Waals surface area contributed by atoms with Gasteiger partial charge >= 0.3 is 0 Å². The summed E-state index contributed by atoms with van der Waals surface area (Å²) >= 11 is 0. The van der Waals surface area contributed by atoms with E-state index in [0.717, 1.165) is 59.6 Å². The molecule has 2 aromatic heterocycles. The third-order valence-corrected chi connectivity index (χ3v) is 6.60. The molecule has 1 saturated heterocycles. The highest BCUT2D eigenvalue weighted by atomic mass is 16.5. The number of ether oxygens (including phenoxy) is 2. The van der Waals surface area contributed by atoms with E-state index in [-0.39, 0.29) is 5.91 Å². The number of anilines is 1. The number of hydrogen-bond donors (Lipinski definition) is 0. The minimum absolute atomic E-state index is 0.0513. The molecule has 37 heavy (non-hydrogen) atoms. The molecule has 8 nitrogen and oxygen atoms in total. The number of morpholine rings is 1. The van der Waals surface area contributed by atoms with Crippen LogP contribution in [0.1, 0.15) is 33.6 Å². The van der Waals surface area contributed by atoms with Gasteiger partial charge in [-0.15, -0.1) is 0 Å². The van der Waals surface area contributed by atoms with E-state index in [2.05, 4.69) is 16.5 Å². The van der Waals surface area contributed by atoms with Crippen LogP contribution in [0.2, 0.25) is 0 Å². The number of carbonyl (C=O) groups is 1. The Hall–Kier alpha value is -3.62. The molecule has 4 rings (SSSR count). The summed E-state index contributed by atoms with van der Waals surface area (Å²) in [6.45, 7) is 10.1. The van der Waals surface area contributed by atoms with Crippen molar-refractivity contribution in [2.75, 3.05) is 58.5 Å². The van der Waals surface area contributed by atoms with E-state index in [1.165, 1.54) is 0 Å². The second kappa shape index (κ2) is 12.6. The first-order chi connectivity index (χ1) is 18.0. The van der Waals surface area contributed by atoms with E-state index in [1.807, 2.05) is 49.5 Å². The van der Waals surface area contributed by atoms with Gasteiger partial charge in [0.25, 0.3) is 5.91 Å². The zero-order valence-electron chi connectivity index (χ0n) is 21.9. The van der Waals surface area contributed by atoms with Crippen LogP contribution in [0.5, 0.6) is 0 Å². The van der Waals surface area contributed by atoms with E-state index in [4.69, 9.17) is 19.4 Å². The number of benzene rings is 1. The first-order valence-corrected chi connectivity index (χ1v) is 12.6. The first kappa shape index (κ1) is 26.4. The highest BCUT2D eigenvalue weighted by molar-refractivity contribution is 5.95. The largest absolute Gasteiger partial charge is 0.383 e. The molecule has 0 unspecified atom stereocenters. The van der Waals surface area contributed by atoms with Crippen molar-refractivity contribution in [3.05, 3.63) is 77.8 Å². The summed E-state index contributed by atoms with van der Waals surface area (Å²) in [6, 6.07) is 11.6. The molecule has 1 aromatic carbocycles. The number of nitrogens with zero attached hydrogens (tertiary/aromatic N) is 5. The molecule has 1 amide bonds. The van der Waals surface area contributed by atoms with Crippen LogP contribution in [0.15, 0.2) is 55.4 Å². The SMILES string of the molecule is C=C(CCc1c(C)nc(N2CCOCC2)nc1-c1cccc(C(=O)N(C)CCOC)c1)c1cccnc1. The molecule has 1 aliphatic rings. The van der Waals surface area contributed by atoms with Gasteiger partial charge in [-0.25, -0.2) is 9.97 Å². The van der Waals surface area contributed by atoms with Crippen LogP contribution in [-0.4, -0.2) is 79.4 Å². The molecule has 8 heteroatoms. The molecule has 0 radical (unpaired) electrons. The molecular formula is C29H35N5O3. The Balaban J connectivity index is 1.68. The number of methoxy groups -OCH3 is 1. The first-order valence-electron chi connectivity index (χ1n) is 12.6. The molecule has 0 atom stereocenters. The van der Waals surface area contributed by atoms with Crippen LogP contribution in [-0.2, 0) is 15.9 Å². The van der Waals surface area contributed by atoms with Crippen LogP contribution < -0.4 is 4.90 Å². The Morgan fingerprint density at radius 3 is 2.68 bits per heavy atom. The lowest BCUT2D eigenvalue weighted by Crippen LogP contribution is -2.37. The van der Waals surface area contributed by atoms with E-state index in [1.54, 1.807) is 25.3 Å². The zero-order valence-corrected chi connectivity index (χ0v) is 21.9. The molecule has 194 valence electrons. The number of rotatable bonds is 10. The number of allylic oxidation sites excluding steroid dienone is 1. The maximum Gasteiger partial charge on any atom is 0.253 e. The Morgan fingerprint density at radius 1 is 1.16 bits per heavy atom. The molecule has 0 spiro atoms. The van der Waals surface area contributed by atoms with Crippen molar-refractivity contribution < 1.29 is 14.3 Å². The predicted octanol–water partition coefficient (Wildman–Crippen LogP) is 4.05. The average molecular weight is 502 g/mol. The van der Waals surface area contributed by atoms with Gasteiger partial charge in [0.2, 0.25) is 5.95 Å². The van der Waals surface area contributed by atoms with Crippen molar-refractivity contribution in [3.63, 3.8) is 0 Å². The summed E-state index contributed by atoms with van der Waals surface area (Å²) in [4.78, 5) is 31.0. The fourth-order valence-corrected chi connectivity index (χ4v) is 4.37. The van der Waals surface area contributed by atoms with Crippen LogP contribution in [0.3, 0.4) is 0 Å². The lowest BCUT2D eigenvalue weighted by atomic mass is 9.95. The number of aromatic nitrogens is 3. The topological polar surface area (TPSA) is 80.7 Å². The van der Waals surface area contributed by atoms with Crippen LogP contribution >= 0.6 is 0 Å². The van der Waals surface area contributed by atoms with Crippen molar-refractivity contribution in [3.8, 4) is 11.3 Å². The molecule has 1 fully saturated rings. The fraction of sp³-hybridized carbons (Fsp3) is 0.379. The molecular weight excluding hydrogens is 466 g/mol. The van der Waals surface area contributed by atoms with Gasteiger partial charge in [0.15, 0.2) is 0 Å². The fourth-order valence-electron chi connectivity index (χ4n) is 4.37. The maximum atomic E-state index is 13.1. The summed E-state index contributed by atoms with van der Waals surface area (Å²) in [5.74, 6) is 0.643. The predicted molar refractivity (Wildman–Crippen MR) is 146 cm³/mol. The smallest absolute Gasteiger partial charge is 0.253 e. The van der Waals surface area contributed by atoms with E-state index >= 15 is 0 Å².